The minimum Gasteiger partial charge on any atom is -0.546 e. The normalized spacial score (nSPS) is 12.2. The van der Waals surface area contributed by atoms with E-state index in [4.69, 9.17) is 4.74 Å². The first kappa shape index (κ1) is 26.4. The zero-order valence-electron chi connectivity index (χ0n) is 18.0. The number of alkyl halides is 3. The van der Waals surface area contributed by atoms with Gasteiger partial charge in [-0.05, 0) is 48.9 Å². The van der Waals surface area contributed by atoms with Crippen molar-refractivity contribution < 1.29 is 62.2 Å². The number of carbonyl (C=O) groups is 2. The van der Waals surface area contributed by atoms with Crippen LogP contribution in [0.2, 0.25) is 0 Å². The first-order valence-corrected chi connectivity index (χ1v) is 9.66. The number of halogens is 3. The monoisotopic (exact) mass is 465 g/mol. The van der Waals surface area contributed by atoms with Gasteiger partial charge in [0.2, 0.25) is 5.78 Å². The van der Waals surface area contributed by atoms with E-state index < -0.39 is 23.8 Å². The van der Waals surface area contributed by atoms with Crippen LogP contribution in [0, 0.1) is 0 Å². The van der Waals surface area contributed by atoms with Crippen molar-refractivity contribution in [2.24, 2.45) is 0 Å². The first-order valence-electron chi connectivity index (χ1n) is 9.66. The van der Waals surface area contributed by atoms with Crippen LogP contribution >= 0.6 is 0 Å². The van der Waals surface area contributed by atoms with Gasteiger partial charge in [0.05, 0.1) is 17.2 Å². The topological polar surface area (TPSA) is 71.4 Å². The van der Waals surface area contributed by atoms with Crippen LogP contribution in [0.1, 0.15) is 34.1 Å². The molecule has 0 bridgehead atoms. The number of benzene rings is 2. The Hall–Kier alpha value is -2.81. The van der Waals surface area contributed by atoms with Gasteiger partial charge in [0.1, 0.15) is 11.9 Å². The third kappa shape index (κ3) is 7.08. The molecule has 9 heteroatoms. The molecule has 0 saturated heterocycles. The van der Waals surface area contributed by atoms with E-state index >= 15 is 0 Å². The molecule has 1 aromatic heterocycles. The van der Waals surface area contributed by atoms with E-state index in [0.29, 0.717) is 18.0 Å². The molecule has 166 valence electrons. The molecule has 0 unspecified atom stereocenters. The summed E-state index contributed by atoms with van der Waals surface area (Å²) in [5.41, 5.74) is 0.450. The molecule has 33 heavy (non-hydrogen) atoms. The maximum Gasteiger partial charge on any atom is 1.00 e. The Morgan fingerprint density at radius 1 is 1.09 bits per heavy atom. The Balaban J connectivity index is 0.00000385. The zero-order valence-corrected chi connectivity index (χ0v) is 20.0. The quantitative estimate of drug-likeness (QED) is 0.367. The summed E-state index contributed by atoms with van der Waals surface area (Å²) < 4.78 is 45.1. The van der Waals surface area contributed by atoms with Crippen LogP contribution in [0.3, 0.4) is 0 Å². The summed E-state index contributed by atoms with van der Waals surface area (Å²) in [7, 11) is 0. The third-order valence-corrected chi connectivity index (χ3v) is 4.65. The first-order chi connectivity index (χ1) is 15.1. The summed E-state index contributed by atoms with van der Waals surface area (Å²) in [5, 5.41) is 10.8. The van der Waals surface area contributed by atoms with E-state index in [1.807, 2.05) is 0 Å². The Bertz CT molecular complexity index is 1140. The van der Waals surface area contributed by atoms with E-state index in [0.717, 1.165) is 29.8 Å². The number of aromatic nitrogens is 1. The van der Waals surface area contributed by atoms with Gasteiger partial charge in [-0.2, -0.15) is 13.2 Å². The second kappa shape index (κ2) is 11.4. The van der Waals surface area contributed by atoms with Crippen LogP contribution in [-0.2, 0) is 17.5 Å². The Morgan fingerprint density at radius 3 is 2.42 bits per heavy atom. The second-order valence-electron chi connectivity index (χ2n) is 7.00. The number of hydrogen-bond donors (Lipinski definition) is 0. The van der Waals surface area contributed by atoms with Gasteiger partial charge >= 0.3 is 35.7 Å². The zero-order chi connectivity index (χ0) is 23.3. The smallest absolute Gasteiger partial charge is 0.546 e. The summed E-state index contributed by atoms with van der Waals surface area (Å²) in [6.07, 6.45) is -0.276. The summed E-state index contributed by atoms with van der Waals surface area (Å²) in [6.45, 7) is 1.72. The molecular weight excluding hydrogens is 446 g/mol. The van der Waals surface area contributed by atoms with Crippen molar-refractivity contribution in [3.63, 3.8) is 0 Å². The predicted molar refractivity (Wildman–Crippen MR) is 110 cm³/mol. The van der Waals surface area contributed by atoms with Crippen LogP contribution < -0.4 is 39.4 Å². The van der Waals surface area contributed by atoms with E-state index in [9.17, 15) is 27.9 Å². The minimum atomic E-state index is -4.46. The van der Waals surface area contributed by atoms with Crippen molar-refractivity contribution >= 4 is 17.8 Å². The fourth-order valence-corrected chi connectivity index (χ4v) is 2.98. The summed E-state index contributed by atoms with van der Waals surface area (Å²) in [5.74, 6) is -1.32. The molecule has 1 heterocycles. The van der Waals surface area contributed by atoms with Crippen LogP contribution in [0.25, 0.3) is 6.08 Å². The molecule has 5 nitrogen and oxygen atoms in total. The third-order valence-electron chi connectivity index (χ3n) is 4.65. The van der Waals surface area contributed by atoms with Crippen molar-refractivity contribution in [1.29, 1.82) is 0 Å². The largest absolute Gasteiger partial charge is 1.00 e. The van der Waals surface area contributed by atoms with Crippen LogP contribution in [-0.4, -0.2) is 22.4 Å². The summed E-state index contributed by atoms with van der Waals surface area (Å²) in [6, 6.07) is 14.2. The number of rotatable bonds is 8. The minimum absolute atomic E-state index is 0. The fraction of sp³-hybridized carbons (Fsp3) is 0.167. The number of allylic oxidation sites excluding steroid dienone is 1. The maximum absolute atomic E-state index is 12.7. The summed E-state index contributed by atoms with van der Waals surface area (Å²) in [4.78, 5) is 23.5. The fourth-order valence-electron chi connectivity index (χ4n) is 2.98. The standard InChI is InChI=1S/C24H20F3NO4.Na/c1-16(23(30)31)32-20-7-2-5-17(15-20)6-3-13-28-14-4-8-21(28)22(29)18-9-11-19(12-10-18)24(25,26)27;/h2-12,14-16H,13H2,1H3,(H,30,31);/q;+1/p-1/b6-3+;/t16-;/m0./s1. The molecule has 0 radical (unpaired) electrons. The molecular formula is C24H19F3NNaO4. The molecule has 3 rings (SSSR count). The van der Waals surface area contributed by atoms with E-state index in [1.54, 1.807) is 59.3 Å². The van der Waals surface area contributed by atoms with Crippen LogP contribution in [0.4, 0.5) is 13.2 Å². The van der Waals surface area contributed by atoms with E-state index in [2.05, 4.69) is 0 Å². The molecule has 0 N–H and O–H groups in total. The number of ether oxygens (including phenoxy) is 1. The summed E-state index contributed by atoms with van der Waals surface area (Å²) >= 11 is 0. The number of aliphatic carboxylic acids is 1. The number of hydrogen-bond acceptors (Lipinski definition) is 4. The molecule has 2 aromatic carbocycles. The van der Waals surface area contributed by atoms with Gasteiger partial charge in [-0.15, -0.1) is 0 Å². The van der Waals surface area contributed by atoms with Gasteiger partial charge in [-0.3, -0.25) is 4.79 Å². The van der Waals surface area contributed by atoms with Crippen molar-refractivity contribution in [3.05, 3.63) is 95.3 Å². The molecule has 0 saturated carbocycles. The number of carboxylic acid groups (broad SMARTS) is 1. The molecule has 0 spiro atoms. The Kier molecular flexibility index (Phi) is 9.10. The molecule has 0 aliphatic rings. The maximum atomic E-state index is 12.7. The van der Waals surface area contributed by atoms with Crippen molar-refractivity contribution in [2.45, 2.75) is 25.7 Å². The number of ketones is 1. The molecule has 3 aromatic rings. The van der Waals surface area contributed by atoms with Crippen LogP contribution in [0.15, 0.2) is 72.9 Å². The SMILES string of the molecule is C[C@H](Oc1cccc(/C=C/Cn2cccc2C(=O)c2ccc(C(F)(F)F)cc2)c1)C(=O)[O-].[Na+]. The van der Waals surface area contributed by atoms with E-state index in [-0.39, 0.29) is 40.9 Å². The van der Waals surface area contributed by atoms with Gasteiger partial charge in [-0.25, -0.2) is 0 Å². The predicted octanol–water partition coefficient (Wildman–Crippen LogP) is 0.972. The second-order valence-corrected chi connectivity index (χ2v) is 7.00. The molecule has 0 amide bonds. The molecule has 0 aliphatic carbocycles. The van der Waals surface area contributed by atoms with Gasteiger partial charge in [0, 0.05) is 18.3 Å². The van der Waals surface area contributed by atoms with E-state index in [1.165, 1.54) is 6.92 Å². The van der Waals surface area contributed by atoms with Crippen molar-refractivity contribution in [1.82, 2.24) is 4.57 Å². The number of carbonyl (C=O) groups excluding carboxylic acids is 2. The van der Waals surface area contributed by atoms with Gasteiger partial charge in [-0.1, -0.05) is 36.4 Å². The Morgan fingerprint density at radius 2 is 1.79 bits per heavy atom. The number of carboxylic acids is 1. The van der Waals surface area contributed by atoms with Gasteiger partial charge in [0.15, 0.2) is 0 Å². The van der Waals surface area contributed by atoms with Crippen molar-refractivity contribution in [2.75, 3.05) is 0 Å². The molecule has 0 fully saturated rings. The Labute approximate surface area is 210 Å². The average molecular weight is 465 g/mol. The van der Waals surface area contributed by atoms with Gasteiger partial charge in [0.25, 0.3) is 0 Å². The average Bonchev–Trinajstić information content (AvgIpc) is 3.21. The molecule has 1 atom stereocenters. The van der Waals surface area contributed by atoms with Gasteiger partial charge < -0.3 is 19.2 Å². The molecule has 0 aliphatic heterocycles. The van der Waals surface area contributed by atoms with Crippen LogP contribution in [0.5, 0.6) is 5.75 Å². The van der Waals surface area contributed by atoms with Crippen molar-refractivity contribution in [3.8, 4) is 5.75 Å². The number of nitrogens with zero attached hydrogens (tertiary/aromatic N) is 1.